The largest absolute Gasteiger partial charge is 0.380 e. The van der Waals surface area contributed by atoms with Crippen molar-refractivity contribution in [1.29, 1.82) is 0 Å². The normalized spacial score (nSPS) is 32.2. The highest BCUT2D eigenvalue weighted by molar-refractivity contribution is 5.85. The van der Waals surface area contributed by atoms with E-state index in [4.69, 9.17) is 9.47 Å². The molecular formula is C7H14ClNO2. The van der Waals surface area contributed by atoms with Crippen molar-refractivity contribution in [2.45, 2.75) is 6.10 Å². The Morgan fingerprint density at radius 2 is 2.09 bits per heavy atom. The molecule has 66 valence electrons. The van der Waals surface area contributed by atoms with Crippen LogP contribution in [0.3, 0.4) is 0 Å². The quantitative estimate of drug-likeness (QED) is 0.617. The summed E-state index contributed by atoms with van der Waals surface area (Å²) in [6, 6.07) is 0. The van der Waals surface area contributed by atoms with Crippen molar-refractivity contribution in [3.63, 3.8) is 0 Å². The number of hydrogen-bond donors (Lipinski definition) is 1. The molecule has 0 aliphatic carbocycles. The maximum Gasteiger partial charge on any atom is 0.0772 e. The van der Waals surface area contributed by atoms with Gasteiger partial charge in [-0.25, -0.2) is 0 Å². The Morgan fingerprint density at radius 1 is 1.27 bits per heavy atom. The van der Waals surface area contributed by atoms with Crippen LogP contribution in [0.15, 0.2) is 0 Å². The summed E-state index contributed by atoms with van der Waals surface area (Å²) >= 11 is 0. The van der Waals surface area contributed by atoms with Crippen LogP contribution in [0.25, 0.3) is 0 Å². The Kier molecular flexibility index (Phi) is 3.59. The van der Waals surface area contributed by atoms with Gasteiger partial charge in [-0.1, -0.05) is 0 Å². The van der Waals surface area contributed by atoms with Gasteiger partial charge in [0.25, 0.3) is 0 Å². The summed E-state index contributed by atoms with van der Waals surface area (Å²) in [5, 5.41) is 3.30. The smallest absolute Gasteiger partial charge is 0.0772 e. The molecule has 1 N–H and O–H groups in total. The molecule has 4 heteroatoms. The lowest BCUT2D eigenvalue weighted by Gasteiger charge is -2.35. The molecule has 3 nitrogen and oxygen atoms in total. The van der Waals surface area contributed by atoms with Gasteiger partial charge in [-0.15, -0.1) is 12.4 Å². The van der Waals surface area contributed by atoms with Crippen molar-refractivity contribution in [2.24, 2.45) is 5.92 Å². The van der Waals surface area contributed by atoms with Crippen molar-refractivity contribution in [2.75, 3.05) is 32.9 Å². The van der Waals surface area contributed by atoms with Gasteiger partial charge in [-0.05, 0) is 0 Å². The van der Waals surface area contributed by atoms with Crippen molar-refractivity contribution in [1.82, 2.24) is 5.32 Å². The molecule has 2 aliphatic heterocycles. The lowest BCUT2D eigenvalue weighted by molar-refractivity contribution is -0.121. The first-order valence-electron chi connectivity index (χ1n) is 3.87. The second-order valence-electron chi connectivity index (χ2n) is 2.91. The molecular weight excluding hydrogens is 166 g/mol. The first-order chi connectivity index (χ1) is 4.97. The summed E-state index contributed by atoms with van der Waals surface area (Å²) < 4.78 is 10.6. The lowest BCUT2D eigenvalue weighted by Crippen LogP contribution is -2.49. The molecule has 2 rings (SSSR count). The Bertz CT molecular complexity index is 113. The van der Waals surface area contributed by atoms with Gasteiger partial charge >= 0.3 is 0 Å². The van der Waals surface area contributed by atoms with Gasteiger partial charge in [0.2, 0.25) is 0 Å². The number of morpholine rings is 1. The molecule has 1 unspecified atom stereocenters. The molecule has 0 aromatic heterocycles. The molecule has 2 aliphatic rings. The third kappa shape index (κ3) is 2.06. The number of nitrogens with one attached hydrogen (secondary N) is 1. The maximum atomic E-state index is 5.54. The average Bonchev–Trinajstić information content (AvgIpc) is 1.86. The Balaban J connectivity index is 0.000000605. The zero-order valence-electron chi connectivity index (χ0n) is 6.41. The van der Waals surface area contributed by atoms with E-state index in [1.807, 2.05) is 0 Å². The van der Waals surface area contributed by atoms with E-state index >= 15 is 0 Å². The van der Waals surface area contributed by atoms with E-state index in [1.165, 1.54) is 0 Å². The highest BCUT2D eigenvalue weighted by Gasteiger charge is 2.29. The predicted octanol–water partition coefficient (Wildman–Crippen LogP) is 0.0430. The van der Waals surface area contributed by atoms with Crippen molar-refractivity contribution >= 4 is 12.4 Å². The maximum absolute atomic E-state index is 5.54. The second kappa shape index (κ2) is 4.26. The monoisotopic (exact) mass is 179 g/mol. The summed E-state index contributed by atoms with van der Waals surface area (Å²) in [5.41, 5.74) is 0. The predicted molar refractivity (Wildman–Crippen MR) is 44.2 cm³/mol. The highest BCUT2D eigenvalue weighted by atomic mass is 35.5. The van der Waals surface area contributed by atoms with Gasteiger partial charge < -0.3 is 14.8 Å². The second-order valence-corrected chi connectivity index (χ2v) is 2.91. The van der Waals surface area contributed by atoms with E-state index in [0.717, 1.165) is 32.9 Å². The fraction of sp³-hybridized carbons (Fsp3) is 1.00. The minimum Gasteiger partial charge on any atom is -0.380 e. The molecule has 0 bridgehead atoms. The number of hydrogen-bond acceptors (Lipinski definition) is 3. The first-order valence-corrected chi connectivity index (χ1v) is 3.87. The molecule has 0 aromatic carbocycles. The van der Waals surface area contributed by atoms with E-state index in [1.54, 1.807) is 0 Å². The number of ether oxygens (including phenoxy) is 2. The number of halogens is 1. The van der Waals surface area contributed by atoms with E-state index in [9.17, 15) is 0 Å². The number of rotatable bonds is 1. The molecule has 2 heterocycles. The Labute approximate surface area is 72.8 Å². The fourth-order valence-corrected chi connectivity index (χ4v) is 1.36. The minimum absolute atomic E-state index is 0. The molecule has 0 saturated carbocycles. The van der Waals surface area contributed by atoms with Gasteiger partial charge in [0.05, 0.1) is 25.9 Å². The molecule has 0 aromatic rings. The summed E-state index contributed by atoms with van der Waals surface area (Å²) in [6.07, 6.45) is 0.419. The van der Waals surface area contributed by atoms with Crippen molar-refractivity contribution in [3.05, 3.63) is 0 Å². The van der Waals surface area contributed by atoms with Gasteiger partial charge in [0.1, 0.15) is 0 Å². The summed E-state index contributed by atoms with van der Waals surface area (Å²) in [5.74, 6) is 0.660. The highest BCUT2D eigenvalue weighted by Crippen LogP contribution is 2.18. The van der Waals surface area contributed by atoms with Crippen LogP contribution in [0, 0.1) is 5.92 Å². The summed E-state index contributed by atoms with van der Waals surface area (Å²) in [7, 11) is 0. The van der Waals surface area contributed by atoms with Gasteiger partial charge in [0.15, 0.2) is 0 Å². The van der Waals surface area contributed by atoms with E-state index in [-0.39, 0.29) is 12.4 Å². The van der Waals surface area contributed by atoms with Crippen LogP contribution in [0.4, 0.5) is 0 Å². The molecule has 0 radical (unpaired) electrons. The fourth-order valence-electron chi connectivity index (χ4n) is 1.36. The Morgan fingerprint density at radius 3 is 2.55 bits per heavy atom. The molecule has 2 saturated heterocycles. The zero-order chi connectivity index (χ0) is 6.81. The SMILES string of the molecule is C1COC(C2COC2)CN1.Cl. The van der Waals surface area contributed by atoms with Crippen LogP contribution < -0.4 is 5.32 Å². The van der Waals surface area contributed by atoms with E-state index < -0.39 is 0 Å². The van der Waals surface area contributed by atoms with Gasteiger partial charge in [0, 0.05) is 19.0 Å². The van der Waals surface area contributed by atoms with Crippen LogP contribution >= 0.6 is 12.4 Å². The average molecular weight is 180 g/mol. The molecule has 2 fully saturated rings. The minimum atomic E-state index is 0. The van der Waals surface area contributed by atoms with Gasteiger partial charge in [-0.2, -0.15) is 0 Å². The molecule has 0 spiro atoms. The van der Waals surface area contributed by atoms with E-state index in [0.29, 0.717) is 12.0 Å². The van der Waals surface area contributed by atoms with Crippen LogP contribution in [0.5, 0.6) is 0 Å². The first kappa shape index (κ1) is 9.26. The van der Waals surface area contributed by atoms with E-state index in [2.05, 4.69) is 5.32 Å². The molecule has 0 amide bonds. The van der Waals surface area contributed by atoms with Crippen LogP contribution in [-0.2, 0) is 9.47 Å². The van der Waals surface area contributed by atoms with Crippen LogP contribution in [0.2, 0.25) is 0 Å². The lowest BCUT2D eigenvalue weighted by atomic mass is 10.00. The van der Waals surface area contributed by atoms with Crippen molar-refractivity contribution < 1.29 is 9.47 Å². The van der Waals surface area contributed by atoms with Crippen molar-refractivity contribution in [3.8, 4) is 0 Å². The third-order valence-corrected chi connectivity index (χ3v) is 2.15. The standard InChI is InChI=1S/C7H13NO2.ClH/c1-2-10-7(3-8-1)6-4-9-5-6;/h6-8H,1-5H2;1H. The molecule has 11 heavy (non-hydrogen) atoms. The third-order valence-electron chi connectivity index (χ3n) is 2.15. The summed E-state index contributed by atoms with van der Waals surface area (Å²) in [4.78, 5) is 0. The molecule has 1 atom stereocenters. The topological polar surface area (TPSA) is 30.5 Å². The zero-order valence-corrected chi connectivity index (χ0v) is 7.23. The van der Waals surface area contributed by atoms with Gasteiger partial charge in [-0.3, -0.25) is 0 Å². The Hall–Kier alpha value is 0.170. The summed E-state index contributed by atoms with van der Waals surface area (Å²) in [6.45, 7) is 4.66. The van der Waals surface area contributed by atoms with Crippen LogP contribution in [0.1, 0.15) is 0 Å². The van der Waals surface area contributed by atoms with Crippen LogP contribution in [-0.4, -0.2) is 39.0 Å².